The number of urea groups is 1. The van der Waals surface area contributed by atoms with Crippen LogP contribution in [0.1, 0.15) is 19.3 Å². The largest absolute Gasteiger partial charge is 0.350 e. The number of amides is 2. The van der Waals surface area contributed by atoms with Crippen LogP contribution in [-0.4, -0.2) is 24.6 Å². The zero-order valence-corrected chi connectivity index (χ0v) is 8.36. The smallest absolute Gasteiger partial charge is 0.343 e. The van der Waals surface area contributed by atoms with E-state index in [1.807, 2.05) is 11.0 Å². The van der Waals surface area contributed by atoms with Gasteiger partial charge in [-0.25, -0.2) is 15.0 Å². The molecular formula is C7H17N5O3. The van der Waals surface area contributed by atoms with Crippen LogP contribution in [0.3, 0.4) is 0 Å². The van der Waals surface area contributed by atoms with Gasteiger partial charge in [0.1, 0.15) is 6.04 Å². The molecule has 1 unspecified atom stereocenters. The average Bonchev–Trinajstić information content (AvgIpc) is 2.17. The van der Waals surface area contributed by atoms with Gasteiger partial charge in [0.2, 0.25) is 0 Å². The number of carbonyl (C=O) groups is 2. The van der Waals surface area contributed by atoms with Crippen LogP contribution in [0.25, 0.3) is 0 Å². The van der Waals surface area contributed by atoms with Crippen molar-refractivity contribution in [3.63, 3.8) is 0 Å². The summed E-state index contributed by atoms with van der Waals surface area (Å²) < 4.78 is 0. The molecule has 0 aliphatic carbocycles. The molecule has 0 spiro atoms. The van der Waals surface area contributed by atoms with Gasteiger partial charge in [-0.15, -0.1) is 0 Å². The van der Waals surface area contributed by atoms with E-state index in [1.165, 1.54) is 0 Å². The fourth-order valence-electron chi connectivity index (χ4n) is 0.828. The van der Waals surface area contributed by atoms with E-state index in [-0.39, 0.29) is 0 Å². The van der Waals surface area contributed by atoms with E-state index < -0.39 is 18.0 Å². The SMILES string of the molecule is NCCCCC(N)C(=O)ONNC(N)=O. The minimum Gasteiger partial charge on any atom is -0.350 e. The second kappa shape index (κ2) is 7.97. The van der Waals surface area contributed by atoms with Gasteiger partial charge in [-0.1, -0.05) is 12.0 Å². The zero-order valence-electron chi connectivity index (χ0n) is 8.36. The van der Waals surface area contributed by atoms with Crippen LogP contribution in [0.4, 0.5) is 4.79 Å². The van der Waals surface area contributed by atoms with E-state index in [2.05, 4.69) is 4.84 Å². The predicted octanol–water partition coefficient (Wildman–Crippen LogP) is -1.93. The maximum atomic E-state index is 11.1. The molecular weight excluding hydrogens is 202 g/mol. The van der Waals surface area contributed by atoms with Crippen molar-refractivity contribution in [3.8, 4) is 0 Å². The first-order chi connectivity index (χ1) is 7.07. The molecule has 0 rings (SSSR count). The number of carbonyl (C=O) groups excluding carboxylic acids is 2. The quantitative estimate of drug-likeness (QED) is 0.249. The average molecular weight is 219 g/mol. The molecule has 8 heteroatoms. The summed E-state index contributed by atoms with van der Waals surface area (Å²) in [5, 5.41) is 0. The molecule has 0 aromatic rings. The van der Waals surface area contributed by atoms with Gasteiger partial charge in [0.15, 0.2) is 0 Å². The number of nitrogens with two attached hydrogens (primary N) is 3. The van der Waals surface area contributed by atoms with E-state index in [4.69, 9.17) is 17.2 Å². The Morgan fingerprint density at radius 2 is 2.00 bits per heavy atom. The molecule has 0 aromatic heterocycles. The van der Waals surface area contributed by atoms with Crippen molar-refractivity contribution < 1.29 is 14.4 Å². The normalized spacial score (nSPS) is 11.9. The zero-order chi connectivity index (χ0) is 11.7. The van der Waals surface area contributed by atoms with E-state index in [0.29, 0.717) is 13.0 Å². The summed E-state index contributed by atoms with van der Waals surface area (Å²) in [7, 11) is 0. The first kappa shape index (κ1) is 13.6. The Morgan fingerprint density at radius 3 is 2.53 bits per heavy atom. The third-order valence-electron chi connectivity index (χ3n) is 1.60. The number of rotatable bonds is 7. The van der Waals surface area contributed by atoms with Gasteiger partial charge in [-0.05, 0) is 19.4 Å². The predicted molar refractivity (Wildman–Crippen MR) is 52.8 cm³/mol. The maximum Gasteiger partial charge on any atom is 0.343 e. The van der Waals surface area contributed by atoms with Gasteiger partial charge in [-0.3, -0.25) is 0 Å². The molecule has 0 aromatic carbocycles. The number of unbranched alkanes of at least 4 members (excludes halogenated alkanes) is 1. The molecule has 0 saturated heterocycles. The third-order valence-corrected chi connectivity index (χ3v) is 1.60. The lowest BCUT2D eigenvalue weighted by atomic mass is 10.1. The van der Waals surface area contributed by atoms with Gasteiger partial charge < -0.3 is 22.0 Å². The van der Waals surface area contributed by atoms with Crippen molar-refractivity contribution in [2.24, 2.45) is 17.2 Å². The highest BCUT2D eigenvalue weighted by atomic mass is 16.7. The summed E-state index contributed by atoms with van der Waals surface area (Å²) in [6.45, 7) is 0.559. The molecule has 0 aliphatic heterocycles. The van der Waals surface area contributed by atoms with Crippen molar-refractivity contribution in [1.82, 2.24) is 11.0 Å². The molecule has 0 saturated carbocycles. The molecule has 0 aliphatic rings. The van der Waals surface area contributed by atoms with Crippen LogP contribution in [0.15, 0.2) is 0 Å². The maximum absolute atomic E-state index is 11.1. The summed E-state index contributed by atoms with van der Waals surface area (Å²) in [5.41, 5.74) is 19.2. The van der Waals surface area contributed by atoms with Crippen LogP contribution in [0.5, 0.6) is 0 Å². The third kappa shape index (κ3) is 7.67. The van der Waals surface area contributed by atoms with Crippen molar-refractivity contribution in [3.05, 3.63) is 0 Å². The summed E-state index contributed by atoms with van der Waals surface area (Å²) >= 11 is 0. The van der Waals surface area contributed by atoms with Gasteiger partial charge in [0.25, 0.3) is 0 Å². The monoisotopic (exact) mass is 219 g/mol. The highest BCUT2D eigenvalue weighted by Gasteiger charge is 2.14. The Labute approximate surface area is 87.4 Å². The van der Waals surface area contributed by atoms with E-state index in [1.54, 1.807) is 0 Å². The molecule has 2 amide bonds. The van der Waals surface area contributed by atoms with Crippen LogP contribution in [0, 0.1) is 0 Å². The fraction of sp³-hybridized carbons (Fsp3) is 0.714. The highest BCUT2D eigenvalue weighted by molar-refractivity contribution is 5.75. The van der Waals surface area contributed by atoms with Crippen molar-refractivity contribution in [1.29, 1.82) is 0 Å². The van der Waals surface area contributed by atoms with Crippen molar-refractivity contribution in [2.45, 2.75) is 25.3 Å². The van der Waals surface area contributed by atoms with E-state index in [9.17, 15) is 9.59 Å². The van der Waals surface area contributed by atoms with Crippen molar-refractivity contribution >= 4 is 12.0 Å². The Morgan fingerprint density at radius 1 is 1.33 bits per heavy atom. The Bertz CT molecular complexity index is 211. The summed E-state index contributed by atoms with van der Waals surface area (Å²) in [5.74, 6) is -0.666. The Kier molecular flexibility index (Phi) is 7.24. The second-order valence-electron chi connectivity index (χ2n) is 2.90. The summed E-state index contributed by atoms with van der Waals surface area (Å²) in [4.78, 5) is 25.6. The van der Waals surface area contributed by atoms with E-state index >= 15 is 0 Å². The molecule has 0 radical (unpaired) electrons. The van der Waals surface area contributed by atoms with Gasteiger partial charge in [0, 0.05) is 0 Å². The molecule has 8 nitrogen and oxygen atoms in total. The van der Waals surface area contributed by atoms with Crippen LogP contribution in [0.2, 0.25) is 0 Å². The summed E-state index contributed by atoms with van der Waals surface area (Å²) in [6.07, 6.45) is 2.03. The topological polar surface area (TPSA) is 145 Å². The van der Waals surface area contributed by atoms with Crippen LogP contribution < -0.4 is 28.2 Å². The van der Waals surface area contributed by atoms with Crippen LogP contribution >= 0.6 is 0 Å². The Hall–Kier alpha value is -1.38. The standard InChI is InChI=1S/C7H17N5O3/c8-4-2-1-3-5(9)6(13)15-12-11-7(10)14/h5,12H,1-4,8-9H2,(H3,10,11,14). The van der Waals surface area contributed by atoms with Gasteiger partial charge >= 0.3 is 12.0 Å². The number of hydrogen-bond donors (Lipinski definition) is 5. The molecule has 0 bridgehead atoms. The Balaban J connectivity index is 3.55. The number of nitrogens with one attached hydrogen (secondary N) is 2. The van der Waals surface area contributed by atoms with Crippen LogP contribution in [-0.2, 0) is 9.63 Å². The highest BCUT2D eigenvalue weighted by Crippen LogP contribution is 1.98. The number of hydrogen-bond acceptors (Lipinski definition) is 6. The second-order valence-corrected chi connectivity index (χ2v) is 2.90. The fourth-order valence-corrected chi connectivity index (χ4v) is 0.828. The molecule has 0 heterocycles. The number of hydrazine groups is 1. The first-order valence-electron chi connectivity index (χ1n) is 4.54. The lowest BCUT2D eigenvalue weighted by Crippen LogP contribution is -2.45. The minimum atomic E-state index is -0.862. The van der Waals surface area contributed by atoms with E-state index in [0.717, 1.165) is 12.8 Å². The number of primary amides is 1. The first-order valence-corrected chi connectivity index (χ1v) is 4.54. The molecule has 1 atom stereocenters. The van der Waals surface area contributed by atoms with Crippen molar-refractivity contribution in [2.75, 3.05) is 6.54 Å². The molecule has 0 fully saturated rings. The molecule has 88 valence electrons. The minimum absolute atomic E-state index is 0.480. The summed E-state index contributed by atoms with van der Waals surface area (Å²) in [6, 6.07) is -1.60. The lowest BCUT2D eigenvalue weighted by Gasteiger charge is -2.10. The molecule has 15 heavy (non-hydrogen) atoms. The lowest BCUT2D eigenvalue weighted by molar-refractivity contribution is -0.154. The van der Waals surface area contributed by atoms with Gasteiger partial charge in [0.05, 0.1) is 0 Å². The van der Waals surface area contributed by atoms with Gasteiger partial charge in [-0.2, -0.15) is 0 Å². The molecule has 8 N–H and O–H groups in total.